The van der Waals surface area contributed by atoms with E-state index in [1.807, 2.05) is 24.3 Å². The first-order valence-electron chi connectivity index (χ1n) is 7.10. The Morgan fingerprint density at radius 2 is 2.29 bits per heavy atom. The topological polar surface area (TPSA) is 70.7 Å². The van der Waals surface area contributed by atoms with Gasteiger partial charge in [0.05, 0.1) is 12.0 Å². The fourth-order valence-electron chi connectivity index (χ4n) is 3.13. The van der Waals surface area contributed by atoms with Gasteiger partial charge in [0.15, 0.2) is 0 Å². The number of hydrogen-bond acceptors (Lipinski definition) is 3. The second-order valence-electron chi connectivity index (χ2n) is 5.48. The van der Waals surface area contributed by atoms with E-state index in [0.29, 0.717) is 32.7 Å². The average molecular weight is 289 g/mol. The molecule has 1 spiro atoms. The Balaban J connectivity index is 1.74. The zero-order valence-corrected chi connectivity index (χ0v) is 12.0. The number of anilines is 1. The van der Waals surface area contributed by atoms with Crippen molar-refractivity contribution in [3.8, 4) is 0 Å². The maximum atomic E-state index is 12.4. The number of amides is 3. The van der Waals surface area contributed by atoms with Gasteiger partial charge < -0.3 is 20.3 Å². The summed E-state index contributed by atoms with van der Waals surface area (Å²) in [6.07, 6.45) is 0.660. The van der Waals surface area contributed by atoms with E-state index in [4.69, 9.17) is 4.74 Å². The number of carbonyl (C=O) groups is 2. The number of urea groups is 1. The molecular formula is C15H19N3O3. The van der Waals surface area contributed by atoms with Gasteiger partial charge in [-0.25, -0.2) is 4.79 Å². The van der Waals surface area contributed by atoms with E-state index >= 15 is 0 Å². The molecule has 1 atom stereocenters. The highest BCUT2D eigenvalue weighted by atomic mass is 16.5. The summed E-state index contributed by atoms with van der Waals surface area (Å²) < 4.78 is 4.91. The normalized spacial score (nSPS) is 23.3. The third-order valence-electron chi connectivity index (χ3n) is 4.26. The van der Waals surface area contributed by atoms with Crippen LogP contribution in [-0.4, -0.2) is 50.2 Å². The van der Waals surface area contributed by atoms with Crippen molar-refractivity contribution >= 4 is 17.6 Å². The molecule has 0 aromatic heterocycles. The second-order valence-corrected chi connectivity index (χ2v) is 5.48. The summed E-state index contributed by atoms with van der Waals surface area (Å²) in [6, 6.07) is 7.58. The molecule has 1 aromatic carbocycles. The fraction of sp³-hybridized carbons (Fsp3) is 0.467. The van der Waals surface area contributed by atoms with Crippen molar-refractivity contribution in [3.05, 3.63) is 29.8 Å². The van der Waals surface area contributed by atoms with E-state index in [1.165, 1.54) is 0 Å². The van der Waals surface area contributed by atoms with Crippen molar-refractivity contribution in [1.82, 2.24) is 10.2 Å². The summed E-state index contributed by atoms with van der Waals surface area (Å²) in [5.74, 6) is -0.00380. The Morgan fingerprint density at radius 1 is 1.48 bits per heavy atom. The van der Waals surface area contributed by atoms with Gasteiger partial charge in [0, 0.05) is 32.4 Å². The molecule has 0 aliphatic carbocycles. The molecule has 1 fully saturated rings. The molecule has 1 aromatic rings. The smallest absolute Gasteiger partial charge is 0.317 e. The van der Waals surface area contributed by atoms with Crippen LogP contribution in [0.2, 0.25) is 0 Å². The van der Waals surface area contributed by atoms with E-state index in [0.717, 1.165) is 11.3 Å². The molecule has 0 bridgehead atoms. The van der Waals surface area contributed by atoms with Crippen LogP contribution < -0.4 is 10.6 Å². The second kappa shape index (κ2) is 5.37. The maximum Gasteiger partial charge on any atom is 0.317 e. The van der Waals surface area contributed by atoms with Crippen LogP contribution >= 0.6 is 0 Å². The molecule has 2 heterocycles. The lowest BCUT2D eigenvalue weighted by molar-refractivity contribution is -0.120. The molecule has 2 aliphatic heterocycles. The molecule has 1 saturated heterocycles. The molecule has 0 unspecified atom stereocenters. The van der Waals surface area contributed by atoms with Crippen LogP contribution in [0.15, 0.2) is 24.3 Å². The van der Waals surface area contributed by atoms with Crippen molar-refractivity contribution < 1.29 is 14.3 Å². The molecule has 6 nitrogen and oxygen atoms in total. The lowest BCUT2D eigenvalue weighted by Crippen LogP contribution is -2.43. The van der Waals surface area contributed by atoms with Gasteiger partial charge in [-0.05, 0) is 18.1 Å². The molecule has 2 aliphatic rings. The average Bonchev–Trinajstić information content (AvgIpc) is 3.04. The number of fused-ring (bicyclic) bond motifs is 2. The standard InChI is InChI=1S/C15H19N3O3/c1-21-9-7-16-14(20)18-8-6-15(10-18)11-4-2-3-5-12(11)17-13(15)19/h2-5H,6-10H2,1H3,(H,16,20)(H,17,19)/t15-/m1/s1. The molecule has 112 valence electrons. The van der Waals surface area contributed by atoms with Crippen LogP contribution in [0.25, 0.3) is 0 Å². The van der Waals surface area contributed by atoms with Gasteiger partial charge in [0.1, 0.15) is 0 Å². The summed E-state index contributed by atoms with van der Waals surface area (Å²) in [4.78, 5) is 26.2. The molecule has 0 radical (unpaired) electrons. The van der Waals surface area contributed by atoms with Crippen molar-refractivity contribution in [2.75, 3.05) is 38.7 Å². The predicted octanol–water partition coefficient (Wildman–Crippen LogP) is 0.938. The van der Waals surface area contributed by atoms with E-state index in [-0.39, 0.29) is 11.9 Å². The molecule has 6 heteroatoms. The highest BCUT2D eigenvalue weighted by Gasteiger charge is 2.51. The molecular weight excluding hydrogens is 270 g/mol. The zero-order chi connectivity index (χ0) is 14.9. The first kappa shape index (κ1) is 13.9. The number of rotatable bonds is 3. The lowest BCUT2D eigenvalue weighted by atomic mass is 9.81. The number of likely N-dealkylation sites (tertiary alicyclic amines) is 1. The minimum atomic E-state index is -0.588. The molecule has 21 heavy (non-hydrogen) atoms. The largest absolute Gasteiger partial charge is 0.383 e. The van der Waals surface area contributed by atoms with Gasteiger partial charge in [0.25, 0.3) is 0 Å². The Hall–Kier alpha value is -2.08. The van der Waals surface area contributed by atoms with Crippen LogP contribution in [0, 0.1) is 0 Å². The van der Waals surface area contributed by atoms with Gasteiger partial charge in [-0.3, -0.25) is 4.79 Å². The number of methoxy groups -OCH3 is 1. The minimum Gasteiger partial charge on any atom is -0.383 e. The first-order valence-corrected chi connectivity index (χ1v) is 7.10. The third-order valence-corrected chi connectivity index (χ3v) is 4.26. The lowest BCUT2D eigenvalue weighted by Gasteiger charge is -2.22. The Morgan fingerprint density at radius 3 is 3.10 bits per heavy atom. The monoisotopic (exact) mass is 289 g/mol. The molecule has 3 amide bonds. The molecule has 3 rings (SSSR count). The van der Waals surface area contributed by atoms with E-state index in [2.05, 4.69) is 10.6 Å². The van der Waals surface area contributed by atoms with E-state index in [9.17, 15) is 9.59 Å². The van der Waals surface area contributed by atoms with Gasteiger partial charge in [-0.15, -0.1) is 0 Å². The highest BCUT2D eigenvalue weighted by Crippen LogP contribution is 2.43. The van der Waals surface area contributed by atoms with Gasteiger partial charge in [0.2, 0.25) is 5.91 Å². The van der Waals surface area contributed by atoms with Crippen molar-refractivity contribution in [2.24, 2.45) is 0 Å². The number of carbonyl (C=O) groups excluding carboxylic acids is 2. The van der Waals surface area contributed by atoms with Gasteiger partial charge in [-0.1, -0.05) is 18.2 Å². The summed E-state index contributed by atoms with van der Waals surface area (Å²) in [6.45, 7) is 1.96. The van der Waals surface area contributed by atoms with Crippen LogP contribution in [0.1, 0.15) is 12.0 Å². The number of nitrogens with one attached hydrogen (secondary N) is 2. The Bertz CT molecular complexity index is 575. The number of hydrogen-bond donors (Lipinski definition) is 2. The fourth-order valence-corrected chi connectivity index (χ4v) is 3.13. The highest BCUT2D eigenvalue weighted by molar-refractivity contribution is 6.07. The minimum absolute atomic E-state index is 0.00380. The SMILES string of the molecule is COCCNC(=O)N1CC[C@]2(C1)C(=O)Nc1ccccc12. The molecule has 0 saturated carbocycles. The maximum absolute atomic E-state index is 12.4. The third kappa shape index (κ3) is 2.25. The van der Waals surface area contributed by atoms with Crippen molar-refractivity contribution in [1.29, 1.82) is 0 Å². The summed E-state index contributed by atoms with van der Waals surface area (Å²) in [5.41, 5.74) is 1.28. The van der Waals surface area contributed by atoms with Crippen LogP contribution in [-0.2, 0) is 14.9 Å². The quantitative estimate of drug-likeness (QED) is 0.814. The van der Waals surface area contributed by atoms with Crippen LogP contribution in [0.5, 0.6) is 0 Å². The van der Waals surface area contributed by atoms with Crippen molar-refractivity contribution in [3.63, 3.8) is 0 Å². The van der Waals surface area contributed by atoms with Crippen LogP contribution in [0.3, 0.4) is 0 Å². The van der Waals surface area contributed by atoms with Gasteiger partial charge in [-0.2, -0.15) is 0 Å². The van der Waals surface area contributed by atoms with Gasteiger partial charge >= 0.3 is 6.03 Å². The zero-order valence-electron chi connectivity index (χ0n) is 12.0. The Labute approximate surface area is 123 Å². The number of benzene rings is 1. The van der Waals surface area contributed by atoms with E-state index in [1.54, 1.807) is 12.0 Å². The number of para-hydroxylation sites is 1. The number of ether oxygens (including phenoxy) is 1. The van der Waals surface area contributed by atoms with E-state index < -0.39 is 5.41 Å². The van der Waals surface area contributed by atoms with Crippen LogP contribution in [0.4, 0.5) is 10.5 Å². The first-order chi connectivity index (χ1) is 10.2. The summed E-state index contributed by atoms with van der Waals surface area (Å²) >= 11 is 0. The molecule has 2 N–H and O–H groups in total. The van der Waals surface area contributed by atoms with Crippen molar-refractivity contribution in [2.45, 2.75) is 11.8 Å². The summed E-state index contributed by atoms with van der Waals surface area (Å²) in [7, 11) is 1.59. The predicted molar refractivity (Wildman–Crippen MR) is 78.2 cm³/mol. The summed E-state index contributed by atoms with van der Waals surface area (Å²) in [5, 5.41) is 5.73. The number of nitrogens with zero attached hydrogens (tertiary/aromatic N) is 1. The Kier molecular flexibility index (Phi) is 3.55.